The standard InChI is InChI=1S/C15H22O2/c1-4-6-11-17-12-13(3)14-9-7-8-10-15(14,16)5-2/h5,14,16H,2-3,7-12H2,1H3/t14-,15-/m1/s1. The molecule has 1 rings (SSSR count). The first kappa shape index (κ1) is 14.0. The highest BCUT2D eigenvalue weighted by atomic mass is 16.5. The summed E-state index contributed by atoms with van der Waals surface area (Å²) < 4.78 is 5.41. The lowest BCUT2D eigenvalue weighted by atomic mass is 9.72. The first-order chi connectivity index (χ1) is 8.14. The summed E-state index contributed by atoms with van der Waals surface area (Å²) in [6.45, 7) is 10.5. The largest absolute Gasteiger partial charge is 0.385 e. The second-order valence-corrected chi connectivity index (χ2v) is 4.57. The first-order valence-electron chi connectivity index (χ1n) is 6.15. The van der Waals surface area contributed by atoms with E-state index in [-0.39, 0.29) is 5.92 Å². The fraction of sp³-hybridized carbons (Fsp3) is 0.600. The topological polar surface area (TPSA) is 29.5 Å². The molecular formula is C15H22O2. The Hall–Kier alpha value is -1.04. The van der Waals surface area contributed by atoms with E-state index in [9.17, 15) is 5.11 Å². The zero-order valence-corrected chi connectivity index (χ0v) is 10.7. The number of rotatable bonds is 5. The molecule has 1 aliphatic rings. The van der Waals surface area contributed by atoms with Gasteiger partial charge in [-0.1, -0.05) is 31.4 Å². The van der Waals surface area contributed by atoms with E-state index >= 15 is 0 Å². The second kappa shape index (κ2) is 6.64. The molecule has 0 saturated heterocycles. The normalized spacial score (nSPS) is 28.0. The summed E-state index contributed by atoms with van der Waals surface area (Å²) in [5, 5.41) is 10.5. The third kappa shape index (κ3) is 3.73. The first-order valence-corrected chi connectivity index (χ1v) is 6.15. The highest BCUT2D eigenvalue weighted by Gasteiger charge is 2.37. The number of aliphatic hydroxyl groups is 1. The number of hydrogen-bond donors (Lipinski definition) is 1. The van der Waals surface area contributed by atoms with E-state index in [4.69, 9.17) is 4.74 Å². The molecule has 0 aromatic rings. The van der Waals surface area contributed by atoms with Crippen molar-refractivity contribution >= 4 is 0 Å². The van der Waals surface area contributed by atoms with Crippen LogP contribution in [0.1, 0.15) is 32.6 Å². The molecule has 0 heterocycles. The average Bonchev–Trinajstić information content (AvgIpc) is 2.35. The molecule has 0 unspecified atom stereocenters. The van der Waals surface area contributed by atoms with Gasteiger partial charge in [-0.25, -0.2) is 0 Å². The van der Waals surface area contributed by atoms with Gasteiger partial charge in [0.1, 0.15) is 6.61 Å². The van der Waals surface area contributed by atoms with Crippen LogP contribution in [-0.4, -0.2) is 23.9 Å². The maximum Gasteiger partial charge on any atom is 0.108 e. The van der Waals surface area contributed by atoms with Gasteiger partial charge < -0.3 is 9.84 Å². The molecule has 1 aliphatic carbocycles. The fourth-order valence-corrected chi connectivity index (χ4v) is 2.39. The second-order valence-electron chi connectivity index (χ2n) is 4.57. The molecule has 2 nitrogen and oxygen atoms in total. The smallest absolute Gasteiger partial charge is 0.108 e. The van der Waals surface area contributed by atoms with Crippen molar-refractivity contribution < 1.29 is 9.84 Å². The van der Waals surface area contributed by atoms with E-state index in [1.54, 1.807) is 13.0 Å². The quantitative estimate of drug-likeness (QED) is 0.450. The van der Waals surface area contributed by atoms with Crippen LogP contribution in [0, 0.1) is 17.8 Å². The predicted molar refractivity (Wildman–Crippen MR) is 70.5 cm³/mol. The maximum absolute atomic E-state index is 10.5. The van der Waals surface area contributed by atoms with Crippen LogP contribution in [0.2, 0.25) is 0 Å². The molecule has 0 bridgehead atoms. The highest BCUT2D eigenvalue weighted by Crippen LogP contribution is 2.38. The molecule has 1 saturated carbocycles. The van der Waals surface area contributed by atoms with Gasteiger partial charge in [0.05, 0.1) is 12.2 Å². The van der Waals surface area contributed by atoms with Gasteiger partial charge in [-0.15, -0.1) is 12.5 Å². The Labute approximate surface area is 104 Å². The zero-order chi connectivity index (χ0) is 12.7. The Morgan fingerprint density at radius 1 is 1.59 bits per heavy atom. The van der Waals surface area contributed by atoms with Gasteiger partial charge in [0.15, 0.2) is 0 Å². The molecule has 2 heteroatoms. The van der Waals surface area contributed by atoms with E-state index in [0.717, 1.165) is 31.3 Å². The fourth-order valence-electron chi connectivity index (χ4n) is 2.39. The Kier molecular flexibility index (Phi) is 5.47. The Morgan fingerprint density at radius 3 is 3.00 bits per heavy atom. The van der Waals surface area contributed by atoms with Crippen molar-refractivity contribution in [2.24, 2.45) is 5.92 Å². The van der Waals surface area contributed by atoms with Gasteiger partial charge in [-0.2, -0.15) is 0 Å². The molecule has 0 amide bonds. The molecule has 0 aromatic carbocycles. The lowest BCUT2D eigenvalue weighted by molar-refractivity contribution is 0.00539. The van der Waals surface area contributed by atoms with Crippen molar-refractivity contribution in [1.29, 1.82) is 0 Å². The molecule has 0 radical (unpaired) electrons. The van der Waals surface area contributed by atoms with Crippen LogP contribution in [-0.2, 0) is 4.74 Å². The maximum atomic E-state index is 10.5. The minimum absolute atomic E-state index is 0.0725. The minimum Gasteiger partial charge on any atom is -0.385 e. The zero-order valence-electron chi connectivity index (χ0n) is 10.7. The Bertz CT molecular complexity index is 335. The van der Waals surface area contributed by atoms with Gasteiger partial charge in [0.2, 0.25) is 0 Å². The van der Waals surface area contributed by atoms with Crippen molar-refractivity contribution in [3.8, 4) is 11.8 Å². The van der Waals surface area contributed by atoms with E-state index < -0.39 is 5.60 Å². The van der Waals surface area contributed by atoms with Gasteiger partial charge in [0, 0.05) is 5.92 Å². The highest BCUT2D eigenvalue weighted by molar-refractivity contribution is 5.16. The van der Waals surface area contributed by atoms with Crippen LogP contribution in [0.3, 0.4) is 0 Å². The van der Waals surface area contributed by atoms with E-state index in [0.29, 0.717) is 13.2 Å². The van der Waals surface area contributed by atoms with Gasteiger partial charge in [-0.3, -0.25) is 0 Å². The van der Waals surface area contributed by atoms with E-state index in [1.807, 2.05) is 0 Å². The summed E-state index contributed by atoms with van der Waals surface area (Å²) in [7, 11) is 0. The van der Waals surface area contributed by atoms with E-state index in [1.165, 1.54) is 0 Å². The summed E-state index contributed by atoms with van der Waals surface area (Å²) in [6, 6.07) is 0. The number of ether oxygens (including phenoxy) is 1. The van der Waals surface area contributed by atoms with Crippen LogP contribution in [0.5, 0.6) is 0 Å². The van der Waals surface area contributed by atoms with Crippen LogP contribution < -0.4 is 0 Å². The molecule has 94 valence electrons. The lowest BCUT2D eigenvalue weighted by Crippen LogP contribution is -2.40. The van der Waals surface area contributed by atoms with Crippen LogP contribution in [0.4, 0.5) is 0 Å². The number of hydrogen-bond acceptors (Lipinski definition) is 2. The van der Waals surface area contributed by atoms with Crippen molar-refractivity contribution in [1.82, 2.24) is 0 Å². The summed E-state index contributed by atoms with van der Waals surface area (Å²) in [5.74, 6) is 5.70. The van der Waals surface area contributed by atoms with Crippen molar-refractivity contribution in [3.63, 3.8) is 0 Å². The van der Waals surface area contributed by atoms with Crippen LogP contribution in [0.25, 0.3) is 0 Å². The summed E-state index contributed by atoms with van der Waals surface area (Å²) in [6.07, 6.45) is 5.58. The SMILES string of the molecule is C=C[C@@]1(O)CCCC[C@@H]1C(=C)COCC#CC. The molecule has 0 aromatic heterocycles. The predicted octanol–water partition coefficient (Wildman–Crippen LogP) is 2.69. The molecule has 2 atom stereocenters. The average molecular weight is 234 g/mol. The molecule has 1 N–H and O–H groups in total. The molecular weight excluding hydrogens is 212 g/mol. The lowest BCUT2D eigenvalue weighted by Gasteiger charge is -2.38. The van der Waals surface area contributed by atoms with Crippen molar-refractivity contribution in [3.05, 3.63) is 24.8 Å². The van der Waals surface area contributed by atoms with Gasteiger partial charge in [-0.05, 0) is 25.3 Å². The molecule has 0 spiro atoms. The molecule has 0 aliphatic heterocycles. The van der Waals surface area contributed by atoms with Gasteiger partial charge in [0.25, 0.3) is 0 Å². The van der Waals surface area contributed by atoms with E-state index in [2.05, 4.69) is 25.0 Å². The summed E-state index contributed by atoms with van der Waals surface area (Å²) in [5.41, 5.74) is 0.153. The summed E-state index contributed by atoms with van der Waals surface area (Å²) >= 11 is 0. The molecule has 1 fully saturated rings. The Morgan fingerprint density at radius 2 is 2.35 bits per heavy atom. The third-order valence-electron chi connectivity index (χ3n) is 3.41. The third-order valence-corrected chi connectivity index (χ3v) is 3.41. The monoisotopic (exact) mass is 234 g/mol. The van der Waals surface area contributed by atoms with Gasteiger partial charge >= 0.3 is 0 Å². The summed E-state index contributed by atoms with van der Waals surface area (Å²) in [4.78, 5) is 0. The van der Waals surface area contributed by atoms with Crippen molar-refractivity contribution in [2.45, 2.75) is 38.2 Å². The van der Waals surface area contributed by atoms with Crippen molar-refractivity contribution in [2.75, 3.05) is 13.2 Å². The minimum atomic E-state index is -0.796. The van der Waals surface area contributed by atoms with Crippen LogP contribution >= 0.6 is 0 Å². The van der Waals surface area contributed by atoms with Crippen LogP contribution in [0.15, 0.2) is 24.8 Å². The molecule has 17 heavy (non-hydrogen) atoms. The Balaban J connectivity index is 2.52.